The summed E-state index contributed by atoms with van der Waals surface area (Å²) in [4.78, 5) is 72.9. The number of phosphoric ester groups is 2. The zero-order valence-electron chi connectivity index (χ0n) is 62.7. The predicted octanol–water partition coefficient (Wildman–Crippen LogP) is 22.7. The number of ether oxygens (including phenoxy) is 4. The summed E-state index contributed by atoms with van der Waals surface area (Å²) in [5.74, 6) is -0.595. The first kappa shape index (κ1) is 94.1. The smallest absolute Gasteiger partial charge is 0.462 e. The van der Waals surface area contributed by atoms with Crippen molar-refractivity contribution in [2.45, 2.75) is 419 Å². The number of unbranched alkanes of at least 4 members (excludes halogenated alkanes) is 46. The summed E-state index contributed by atoms with van der Waals surface area (Å²) < 4.78 is 68.6. The SMILES string of the molecule is CCCCCCCCCCCCCCCCCCCC(=O)O[C@H](COC(=O)CCCCCCCCCCCCCCCC(C)C)COP(=O)(O)OC[C@@H](O)COP(=O)(O)OC[C@@H](COC(=O)CCCCCCCCCCC(C)C)OC(=O)CCCCCCCCCCCCCC. The minimum Gasteiger partial charge on any atom is -0.462 e. The van der Waals surface area contributed by atoms with Gasteiger partial charge in [0.25, 0.3) is 0 Å². The normalized spacial score (nSPS) is 14.0. The standard InChI is InChI=1S/C77H150O17P2/c1-7-9-11-13-15-17-19-21-22-23-24-27-32-36-44-50-56-62-77(82)93-72(65-87-74(79)59-53-47-41-34-31-28-25-26-29-33-39-45-51-57-69(3)4)67-91-95(83,84)89-63-71(78)64-90-96(85,86)92-68-73(66-88-75(80)60-54-48-42-38-37-40-46-52-58-70(5)6)94-76(81)61-55-49-43-35-30-20-18-16-14-12-10-8-2/h69-73,78H,7-68H2,1-6H3,(H,83,84)(H,85,86)/t71-,72-,73-/m1/s1. The number of esters is 4. The third kappa shape index (κ3) is 70.5. The lowest BCUT2D eigenvalue weighted by atomic mass is 10.0. The molecule has 0 aliphatic carbocycles. The quantitative estimate of drug-likeness (QED) is 0.0222. The molecule has 0 saturated carbocycles. The zero-order valence-corrected chi connectivity index (χ0v) is 64.5. The predicted molar refractivity (Wildman–Crippen MR) is 391 cm³/mol. The highest BCUT2D eigenvalue weighted by Crippen LogP contribution is 2.45. The van der Waals surface area contributed by atoms with Crippen LogP contribution in [0.3, 0.4) is 0 Å². The number of carbonyl (C=O) groups excluding carboxylic acids is 4. The van der Waals surface area contributed by atoms with Gasteiger partial charge in [0.05, 0.1) is 26.4 Å². The van der Waals surface area contributed by atoms with Crippen molar-refractivity contribution < 1.29 is 80.2 Å². The molecule has 19 heteroatoms. The van der Waals surface area contributed by atoms with E-state index in [9.17, 15) is 43.2 Å². The van der Waals surface area contributed by atoms with E-state index in [2.05, 4.69) is 41.5 Å². The first-order chi connectivity index (χ1) is 46.4. The molecule has 0 aromatic heterocycles. The van der Waals surface area contributed by atoms with E-state index in [1.165, 1.54) is 218 Å². The van der Waals surface area contributed by atoms with Crippen LogP contribution in [0.2, 0.25) is 0 Å². The summed E-state index contributed by atoms with van der Waals surface area (Å²) in [7, 11) is -9.91. The summed E-state index contributed by atoms with van der Waals surface area (Å²) >= 11 is 0. The molecular weight excluding hydrogens is 1260 g/mol. The van der Waals surface area contributed by atoms with Crippen molar-refractivity contribution >= 4 is 39.5 Å². The Morgan fingerprint density at radius 2 is 0.479 bits per heavy atom. The molecule has 0 fully saturated rings. The van der Waals surface area contributed by atoms with E-state index in [-0.39, 0.29) is 25.7 Å². The molecule has 0 radical (unpaired) electrons. The van der Waals surface area contributed by atoms with Crippen LogP contribution >= 0.6 is 15.6 Å². The molecule has 570 valence electrons. The van der Waals surface area contributed by atoms with E-state index in [1.807, 2.05) is 0 Å². The molecule has 0 heterocycles. The lowest BCUT2D eigenvalue weighted by Crippen LogP contribution is -2.30. The average molecular weight is 1410 g/mol. The highest BCUT2D eigenvalue weighted by molar-refractivity contribution is 7.47. The van der Waals surface area contributed by atoms with Crippen molar-refractivity contribution in [1.29, 1.82) is 0 Å². The molecule has 3 N–H and O–H groups in total. The molecule has 0 saturated heterocycles. The Bertz CT molecular complexity index is 1860. The second kappa shape index (κ2) is 68.8. The lowest BCUT2D eigenvalue weighted by molar-refractivity contribution is -0.161. The van der Waals surface area contributed by atoms with Crippen molar-refractivity contribution in [2.24, 2.45) is 11.8 Å². The van der Waals surface area contributed by atoms with Crippen LogP contribution in [-0.2, 0) is 65.4 Å². The fraction of sp³-hybridized carbons (Fsp3) is 0.948. The van der Waals surface area contributed by atoms with Gasteiger partial charge in [0.2, 0.25) is 0 Å². The van der Waals surface area contributed by atoms with Crippen LogP contribution in [0.1, 0.15) is 401 Å². The molecule has 17 nitrogen and oxygen atoms in total. The molecule has 0 spiro atoms. The second-order valence-corrected chi connectivity index (χ2v) is 31.6. The van der Waals surface area contributed by atoms with Crippen LogP contribution in [0.15, 0.2) is 0 Å². The summed E-state index contributed by atoms with van der Waals surface area (Å²) in [6.45, 7) is 9.59. The van der Waals surface area contributed by atoms with Gasteiger partial charge in [-0.3, -0.25) is 37.3 Å². The van der Waals surface area contributed by atoms with Gasteiger partial charge < -0.3 is 33.8 Å². The Morgan fingerprint density at radius 1 is 0.281 bits per heavy atom. The summed E-state index contributed by atoms with van der Waals surface area (Å²) in [6.07, 6.45) is 56.8. The molecule has 0 aromatic rings. The number of hydrogen-bond donors (Lipinski definition) is 3. The maximum absolute atomic E-state index is 13.1. The topological polar surface area (TPSA) is 237 Å². The van der Waals surface area contributed by atoms with Gasteiger partial charge in [0, 0.05) is 25.7 Å². The Kier molecular flexibility index (Phi) is 67.4. The molecule has 96 heavy (non-hydrogen) atoms. The fourth-order valence-corrected chi connectivity index (χ4v) is 13.4. The van der Waals surface area contributed by atoms with Crippen molar-refractivity contribution in [3.05, 3.63) is 0 Å². The van der Waals surface area contributed by atoms with Gasteiger partial charge in [-0.25, -0.2) is 9.13 Å². The molecule has 0 rings (SSSR count). The van der Waals surface area contributed by atoms with Gasteiger partial charge >= 0.3 is 39.5 Å². The maximum Gasteiger partial charge on any atom is 0.472 e. The van der Waals surface area contributed by atoms with E-state index in [4.69, 9.17) is 37.0 Å². The molecule has 2 unspecified atom stereocenters. The van der Waals surface area contributed by atoms with Crippen molar-refractivity contribution in [3.8, 4) is 0 Å². The number of carbonyl (C=O) groups is 4. The zero-order chi connectivity index (χ0) is 70.7. The van der Waals surface area contributed by atoms with Crippen molar-refractivity contribution in [1.82, 2.24) is 0 Å². The third-order valence-electron chi connectivity index (χ3n) is 18.0. The van der Waals surface area contributed by atoms with E-state index < -0.39 is 97.5 Å². The van der Waals surface area contributed by atoms with Gasteiger partial charge in [0.15, 0.2) is 12.2 Å². The molecule has 0 aliphatic heterocycles. The number of aliphatic hydroxyl groups is 1. The summed E-state index contributed by atoms with van der Waals surface area (Å²) in [5, 5.41) is 10.6. The fourth-order valence-electron chi connectivity index (χ4n) is 11.8. The highest BCUT2D eigenvalue weighted by Gasteiger charge is 2.30. The molecule has 5 atom stereocenters. The Labute approximate surface area is 588 Å². The Morgan fingerprint density at radius 3 is 0.708 bits per heavy atom. The first-order valence-electron chi connectivity index (χ1n) is 40.0. The van der Waals surface area contributed by atoms with Gasteiger partial charge in [0.1, 0.15) is 19.3 Å². The minimum atomic E-state index is -4.96. The monoisotopic (exact) mass is 1410 g/mol. The van der Waals surface area contributed by atoms with E-state index in [0.717, 1.165) is 102 Å². The summed E-state index contributed by atoms with van der Waals surface area (Å²) in [6, 6.07) is 0. The van der Waals surface area contributed by atoms with Crippen LogP contribution in [0.25, 0.3) is 0 Å². The molecule has 0 aliphatic rings. The van der Waals surface area contributed by atoms with Crippen LogP contribution in [0.5, 0.6) is 0 Å². The maximum atomic E-state index is 13.1. The third-order valence-corrected chi connectivity index (χ3v) is 19.9. The second-order valence-electron chi connectivity index (χ2n) is 28.7. The van der Waals surface area contributed by atoms with Gasteiger partial charge in [-0.1, -0.05) is 350 Å². The number of rotatable bonds is 76. The molecular formula is C77H150O17P2. The lowest BCUT2D eigenvalue weighted by Gasteiger charge is -2.21. The van der Waals surface area contributed by atoms with Crippen LogP contribution in [-0.4, -0.2) is 96.7 Å². The van der Waals surface area contributed by atoms with E-state index in [0.29, 0.717) is 25.7 Å². The molecule has 0 amide bonds. The Hall–Kier alpha value is -1.94. The highest BCUT2D eigenvalue weighted by atomic mass is 31.2. The summed E-state index contributed by atoms with van der Waals surface area (Å²) in [5.41, 5.74) is 0. The number of phosphoric acid groups is 2. The number of aliphatic hydroxyl groups excluding tert-OH is 1. The van der Waals surface area contributed by atoms with Gasteiger partial charge in [-0.05, 0) is 37.5 Å². The molecule has 0 bridgehead atoms. The number of hydrogen-bond acceptors (Lipinski definition) is 15. The van der Waals surface area contributed by atoms with Crippen LogP contribution < -0.4 is 0 Å². The van der Waals surface area contributed by atoms with E-state index in [1.54, 1.807) is 0 Å². The minimum absolute atomic E-state index is 0.107. The van der Waals surface area contributed by atoms with Gasteiger partial charge in [-0.2, -0.15) is 0 Å². The first-order valence-corrected chi connectivity index (χ1v) is 43.0. The van der Waals surface area contributed by atoms with E-state index >= 15 is 0 Å². The van der Waals surface area contributed by atoms with Crippen LogP contribution in [0, 0.1) is 11.8 Å². The average Bonchev–Trinajstić information content (AvgIpc) is 1.14. The largest absolute Gasteiger partial charge is 0.472 e. The Balaban J connectivity index is 5.25. The van der Waals surface area contributed by atoms with Crippen LogP contribution in [0.4, 0.5) is 0 Å². The molecule has 0 aromatic carbocycles. The van der Waals surface area contributed by atoms with Gasteiger partial charge in [-0.15, -0.1) is 0 Å². The van der Waals surface area contributed by atoms with Crippen molar-refractivity contribution in [2.75, 3.05) is 39.6 Å². The van der Waals surface area contributed by atoms with Crippen molar-refractivity contribution in [3.63, 3.8) is 0 Å².